The van der Waals surface area contributed by atoms with Gasteiger partial charge in [-0.15, -0.1) is 0 Å². The number of nitrogens with zero attached hydrogens (tertiary/aromatic N) is 2. The molecule has 7 nitrogen and oxygen atoms in total. The lowest BCUT2D eigenvalue weighted by molar-refractivity contribution is -0.120. The third-order valence-electron chi connectivity index (χ3n) is 3.17. The predicted octanol–water partition coefficient (Wildman–Crippen LogP) is 1.42. The number of hydrogen-bond acceptors (Lipinski definition) is 5. The van der Waals surface area contributed by atoms with Gasteiger partial charge in [-0.3, -0.25) is 9.59 Å². The van der Waals surface area contributed by atoms with Crippen molar-refractivity contribution < 1.29 is 14.3 Å². The zero-order valence-corrected chi connectivity index (χ0v) is 13.0. The second-order valence-corrected chi connectivity index (χ2v) is 4.77. The largest absolute Gasteiger partial charge is 0.480 e. The number of rotatable bonds is 6. The summed E-state index contributed by atoms with van der Waals surface area (Å²) in [5.74, 6) is -0.0331. The third kappa shape index (κ3) is 4.77. The highest BCUT2D eigenvalue weighted by atomic mass is 16.5. The quantitative estimate of drug-likeness (QED) is 0.841. The third-order valence-corrected chi connectivity index (χ3v) is 3.17. The van der Waals surface area contributed by atoms with Crippen molar-refractivity contribution in [1.29, 1.82) is 0 Å². The first-order chi connectivity index (χ1) is 11.1. The number of carbonyl (C=O) groups excluding carboxylic acids is 2. The van der Waals surface area contributed by atoms with Gasteiger partial charge in [0.2, 0.25) is 11.8 Å². The van der Waals surface area contributed by atoms with Crippen LogP contribution in [0.5, 0.6) is 5.88 Å². The summed E-state index contributed by atoms with van der Waals surface area (Å²) in [5, 5.41) is 5.33. The molecule has 23 heavy (non-hydrogen) atoms. The van der Waals surface area contributed by atoms with Gasteiger partial charge in [-0.05, 0) is 24.1 Å². The predicted molar refractivity (Wildman–Crippen MR) is 85.4 cm³/mol. The molecule has 0 aliphatic heterocycles. The minimum absolute atomic E-state index is 0.0204. The van der Waals surface area contributed by atoms with E-state index in [1.807, 2.05) is 18.2 Å². The molecular weight excluding hydrogens is 296 g/mol. The molecular formula is C16H18N4O3. The molecule has 0 bridgehead atoms. The molecule has 0 radical (unpaired) electrons. The number of methoxy groups -OCH3 is 1. The fourth-order valence-electron chi connectivity index (χ4n) is 1.92. The molecule has 2 aromatic rings. The van der Waals surface area contributed by atoms with Crippen LogP contribution in [0.4, 0.5) is 5.69 Å². The van der Waals surface area contributed by atoms with E-state index in [2.05, 4.69) is 20.6 Å². The standard InChI is InChI=1S/C16H18N4O3/c1-17-14(21)7-6-11-4-3-5-12(8-11)20-16(22)13-9-19-15(23-2)10-18-13/h3-5,8-10H,6-7H2,1-2H3,(H,17,21)(H,20,22). The molecule has 7 heteroatoms. The van der Waals surface area contributed by atoms with Crippen LogP contribution in [-0.2, 0) is 11.2 Å². The van der Waals surface area contributed by atoms with Crippen molar-refractivity contribution in [2.45, 2.75) is 12.8 Å². The number of hydrogen-bond donors (Lipinski definition) is 2. The molecule has 120 valence electrons. The van der Waals surface area contributed by atoms with E-state index < -0.39 is 0 Å². The topological polar surface area (TPSA) is 93.2 Å². The summed E-state index contributed by atoms with van der Waals surface area (Å²) in [4.78, 5) is 31.3. The highest BCUT2D eigenvalue weighted by Gasteiger charge is 2.09. The summed E-state index contributed by atoms with van der Waals surface area (Å²) >= 11 is 0. The first kappa shape index (κ1) is 16.4. The zero-order valence-electron chi connectivity index (χ0n) is 13.0. The minimum atomic E-state index is -0.358. The molecule has 0 saturated carbocycles. The van der Waals surface area contributed by atoms with E-state index in [-0.39, 0.29) is 17.5 Å². The van der Waals surface area contributed by atoms with Crippen LogP contribution in [0.3, 0.4) is 0 Å². The molecule has 0 spiro atoms. The normalized spacial score (nSPS) is 10.0. The molecule has 1 heterocycles. The Labute approximate surface area is 134 Å². The minimum Gasteiger partial charge on any atom is -0.480 e. The number of amides is 2. The number of carbonyl (C=O) groups is 2. The van der Waals surface area contributed by atoms with Crippen LogP contribution >= 0.6 is 0 Å². The van der Waals surface area contributed by atoms with E-state index in [0.29, 0.717) is 24.4 Å². The van der Waals surface area contributed by atoms with Crippen molar-refractivity contribution in [1.82, 2.24) is 15.3 Å². The summed E-state index contributed by atoms with van der Waals surface area (Å²) in [6, 6.07) is 7.34. The number of nitrogens with one attached hydrogen (secondary N) is 2. The van der Waals surface area contributed by atoms with Crippen molar-refractivity contribution in [3.8, 4) is 5.88 Å². The maximum absolute atomic E-state index is 12.1. The van der Waals surface area contributed by atoms with Crippen LogP contribution in [0.2, 0.25) is 0 Å². The lowest BCUT2D eigenvalue weighted by atomic mass is 10.1. The van der Waals surface area contributed by atoms with Crippen LogP contribution in [-0.4, -0.2) is 35.9 Å². The molecule has 0 fully saturated rings. The van der Waals surface area contributed by atoms with Crippen molar-refractivity contribution in [2.24, 2.45) is 0 Å². The van der Waals surface area contributed by atoms with E-state index in [0.717, 1.165) is 5.56 Å². The van der Waals surface area contributed by atoms with Crippen LogP contribution in [0.15, 0.2) is 36.7 Å². The van der Waals surface area contributed by atoms with Crippen LogP contribution in [0.25, 0.3) is 0 Å². The van der Waals surface area contributed by atoms with Crippen molar-refractivity contribution >= 4 is 17.5 Å². The van der Waals surface area contributed by atoms with Gasteiger partial charge in [-0.2, -0.15) is 0 Å². The molecule has 2 rings (SSSR count). The Hall–Kier alpha value is -2.96. The fourth-order valence-corrected chi connectivity index (χ4v) is 1.92. The van der Waals surface area contributed by atoms with E-state index >= 15 is 0 Å². The Balaban J connectivity index is 2.01. The number of aryl methyl sites for hydroxylation is 1. The molecule has 0 atom stereocenters. The van der Waals surface area contributed by atoms with Gasteiger partial charge in [0.15, 0.2) is 0 Å². The van der Waals surface area contributed by atoms with E-state index in [4.69, 9.17) is 4.74 Å². The van der Waals surface area contributed by atoms with Gasteiger partial charge in [0, 0.05) is 19.2 Å². The maximum atomic E-state index is 12.1. The average Bonchev–Trinajstić information content (AvgIpc) is 2.60. The monoisotopic (exact) mass is 314 g/mol. The highest BCUT2D eigenvalue weighted by molar-refractivity contribution is 6.02. The summed E-state index contributed by atoms with van der Waals surface area (Å²) in [7, 11) is 3.09. The molecule has 0 saturated heterocycles. The fraction of sp³-hybridized carbons (Fsp3) is 0.250. The van der Waals surface area contributed by atoms with Gasteiger partial charge in [0.1, 0.15) is 5.69 Å². The molecule has 1 aromatic carbocycles. The van der Waals surface area contributed by atoms with Gasteiger partial charge >= 0.3 is 0 Å². The van der Waals surface area contributed by atoms with Crippen molar-refractivity contribution in [3.05, 3.63) is 47.9 Å². The Kier molecular flexibility index (Phi) is 5.62. The van der Waals surface area contributed by atoms with E-state index in [1.165, 1.54) is 19.5 Å². The van der Waals surface area contributed by atoms with Crippen LogP contribution in [0.1, 0.15) is 22.5 Å². The molecule has 1 aromatic heterocycles. The zero-order chi connectivity index (χ0) is 16.7. The maximum Gasteiger partial charge on any atom is 0.275 e. The van der Waals surface area contributed by atoms with Gasteiger partial charge in [-0.1, -0.05) is 12.1 Å². The second-order valence-electron chi connectivity index (χ2n) is 4.77. The van der Waals surface area contributed by atoms with Crippen molar-refractivity contribution in [3.63, 3.8) is 0 Å². The van der Waals surface area contributed by atoms with E-state index in [9.17, 15) is 9.59 Å². The van der Waals surface area contributed by atoms with Crippen molar-refractivity contribution in [2.75, 3.05) is 19.5 Å². The van der Waals surface area contributed by atoms with Gasteiger partial charge in [0.25, 0.3) is 5.91 Å². The van der Waals surface area contributed by atoms with Crippen LogP contribution in [0, 0.1) is 0 Å². The highest BCUT2D eigenvalue weighted by Crippen LogP contribution is 2.13. The first-order valence-corrected chi connectivity index (χ1v) is 7.09. The van der Waals surface area contributed by atoms with Gasteiger partial charge in [0.05, 0.1) is 19.5 Å². The molecule has 0 aliphatic rings. The number of ether oxygens (including phenoxy) is 1. The number of benzene rings is 1. The van der Waals surface area contributed by atoms with Crippen LogP contribution < -0.4 is 15.4 Å². The first-order valence-electron chi connectivity index (χ1n) is 7.09. The second kappa shape index (κ2) is 7.88. The SMILES string of the molecule is CNC(=O)CCc1cccc(NC(=O)c2cnc(OC)cn2)c1. The Morgan fingerprint density at radius 2 is 2.04 bits per heavy atom. The summed E-state index contributed by atoms with van der Waals surface area (Å²) in [5.41, 5.74) is 1.80. The lowest BCUT2D eigenvalue weighted by Crippen LogP contribution is -2.18. The Morgan fingerprint density at radius 1 is 1.22 bits per heavy atom. The summed E-state index contributed by atoms with van der Waals surface area (Å²) in [6.07, 6.45) is 3.74. The van der Waals surface area contributed by atoms with Gasteiger partial charge in [-0.25, -0.2) is 9.97 Å². The lowest BCUT2D eigenvalue weighted by Gasteiger charge is -2.07. The van der Waals surface area contributed by atoms with E-state index in [1.54, 1.807) is 13.1 Å². The molecule has 2 amide bonds. The molecule has 2 N–H and O–H groups in total. The summed E-state index contributed by atoms with van der Waals surface area (Å²) < 4.78 is 4.90. The molecule has 0 unspecified atom stereocenters. The van der Waals surface area contributed by atoms with Gasteiger partial charge < -0.3 is 15.4 Å². The molecule has 0 aliphatic carbocycles. The number of anilines is 1. The Bertz CT molecular complexity index is 686. The average molecular weight is 314 g/mol. The summed E-state index contributed by atoms with van der Waals surface area (Å²) in [6.45, 7) is 0. The Morgan fingerprint density at radius 3 is 2.70 bits per heavy atom. The number of aromatic nitrogens is 2. The smallest absolute Gasteiger partial charge is 0.275 e.